The van der Waals surface area contributed by atoms with Crippen LogP contribution in [0.2, 0.25) is 0 Å². The van der Waals surface area contributed by atoms with Gasteiger partial charge < -0.3 is 10.3 Å². The average molecular weight is 312 g/mol. The minimum absolute atomic E-state index is 0.0351. The maximum Gasteiger partial charge on any atom is 0.257 e. The summed E-state index contributed by atoms with van der Waals surface area (Å²) in [6, 6.07) is 7.50. The zero-order chi connectivity index (χ0) is 16.1. The molecule has 1 amide bonds. The van der Waals surface area contributed by atoms with Crippen LogP contribution in [0.3, 0.4) is 0 Å². The van der Waals surface area contributed by atoms with Crippen molar-refractivity contribution in [1.29, 1.82) is 0 Å². The number of carbonyl (C=O) groups is 1. The van der Waals surface area contributed by atoms with Crippen LogP contribution in [0, 0.1) is 0 Å². The molecule has 23 heavy (non-hydrogen) atoms. The summed E-state index contributed by atoms with van der Waals surface area (Å²) in [7, 11) is 0. The fourth-order valence-electron chi connectivity index (χ4n) is 2.72. The quantitative estimate of drug-likeness (QED) is 0.639. The molecule has 3 heterocycles. The van der Waals surface area contributed by atoms with Crippen LogP contribution < -0.4 is 11.3 Å². The molecule has 1 aliphatic rings. The van der Waals surface area contributed by atoms with Gasteiger partial charge in [0.2, 0.25) is 0 Å². The third kappa shape index (κ3) is 3.64. The van der Waals surface area contributed by atoms with Gasteiger partial charge in [-0.1, -0.05) is 6.07 Å². The van der Waals surface area contributed by atoms with Crippen LogP contribution in [-0.2, 0) is 6.54 Å². The Hall–Kier alpha value is -2.51. The first-order valence-electron chi connectivity index (χ1n) is 7.60. The number of nitrogens with zero attached hydrogens (tertiary/aromatic N) is 4. The molecule has 1 aliphatic heterocycles. The van der Waals surface area contributed by atoms with Crippen molar-refractivity contribution in [2.45, 2.75) is 6.54 Å². The Morgan fingerprint density at radius 2 is 1.96 bits per heavy atom. The van der Waals surface area contributed by atoms with Crippen LogP contribution in [0.4, 0.5) is 5.82 Å². The monoisotopic (exact) mass is 312 g/mol. The lowest BCUT2D eigenvalue weighted by atomic mass is 10.2. The van der Waals surface area contributed by atoms with Gasteiger partial charge in [0.25, 0.3) is 5.91 Å². The summed E-state index contributed by atoms with van der Waals surface area (Å²) < 4.78 is 0. The zero-order valence-corrected chi connectivity index (χ0v) is 12.9. The number of hydrogen-bond acceptors (Lipinski definition) is 6. The Morgan fingerprint density at radius 3 is 2.65 bits per heavy atom. The Labute approximate surface area is 135 Å². The lowest BCUT2D eigenvalue weighted by Crippen LogP contribution is -2.48. The number of aromatic nitrogens is 2. The third-order valence-corrected chi connectivity index (χ3v) is 3.96. The number of hydrogen-bond donors (Lipinski definition) is 2. The highest BCUT2D eigenvalue weighted by Crippen LogP contribution is 2.15. The molecule has 0 atom stereocenters. The van der Waals surface area contributed by atoms with E-state index in [4.69, 9.17) is 5.84 Å². The molecule has 0 saturated carbocycles. The first kappa shape index (κ1) is 15.4. The highest BCUT2D eigenvalue weighted by Gasteiger charge is 2.24. The molecule has 0 bridgehead atoms. The number of nitrogens with two attached hydrogens (primary N) is 1. The molecule has 3 rings (SSSR count). The summed E-state index contributed by atoms with van der Waals surface area (Å²) in [5, 5.41) is 0. The molecule has 7 heteroatoms. The van der Waals surface area contributed by atoms with E-state index in [1.54, 1.807) is 24.5 Å². The molecule has 0 aliphatic carbocycles. The summed E-state index contributed by atoms with van der Waals surface area (Å²) in [6.07, 6.45) is 5.27. The van der Waals surface area contributed by atoms with Crippen molar-refractivity contribution in [3.63, 3.8) is 0 Å². The molecule has 2 aromatic heterocycles. The SMILES string of the molecule is NNc1ncccc1C(=O)N1CCN(Cc2cccnc2)CC1. The molecule has 0 aromatic carbocycles. The van der Waals surface area contributed by atoms with E-state index < -0.39 is 0 Å². The first-order valence-corrected chi connectivity index (χ1v) is 7.60. The highest BCUT2D eigenvalue weighted by atomic mass is 16.2. The first-order chi connectivity index (χ1) is 11.3. The average Bonchev–Trinajstić information content (AvgIpc) is 2.62. The molecular weight excluding hydrogens is 292 g/mol. The number of rotatable bonds is 4. The summed E-state index contributed by atoms with van der Waals surface area (Å²) in [6.45, 7) is 3.92. The van der Waals surface area contributed by atoms with E-state index >= 15 is 0 Å². The van der Waals surface area contributed by atoms with Crippen molar-refractivity contribution < 1.29 is 4.79 Å². The number of hydrazine groups is 1. The van der Waals surface area contributed by atoms with E-state index in [1.807, 2.05) is 17.2 Å². The van der Waals surface area contributed by atoms with Gasteiger partial charge in [0.15, 0.2) is 5.82 Å². The van der Waals surface area contributed by atoms with Gasteiger partial charge >= 0.3 is 0 Å². The van der Waals surface area contributed by atoms with Crippen LogP contribution in [0.5, 0.6) is 0 Å². The van der Waals surface area contributed by atoms with E-state index in [9.17, 15) is 4.79 Å². The highest BCUT2D eigenvalue weighted by molar-refractivity contribution is 5.98. The Morgan fingerprint density at radius 1 is 1.17 bits per heavy atom. The molecule has 1 saturated heterocycles. The standard InChI is InChI=1S/C16H20N6O/c17-20-15-14(4-2-6-19-15)16(23)22-9-7-21(8-10-22)12-13-3-1-5-18-11-13/h1-6,11H,7-10,12,17H2,(H,19,20). The van der Waals surface area contributed by atoms with Gasteiger partial charge in [-0.15, -0.1) is 0 Å². The van der Waals surface area contributed by atoms with Crippen molar-refractivity contribution in [1.82, 2.24) is 19.8 Å². The van der Waals surface area contributed by atoms with Gasteiger partial charge in [-0.05, 0) is 23.8 Å². The molecule has 0 radical (unpaired) electrons. The topological polar surface area (TPSA) is 87.4 Å². The van der Waals surface area contributed by atoms with E-state index in [1.165, 1.54) is 5.56 Å². The predicted molar refractivity (Wildman–Crippen MR) is 87.5 cm³/mol. The van der Waals surface area contributed by atoms with Gasteiger partial charge in [-0.25, -0.2) is 10.8 Å². The maximum atomic E-state index is 12.6. The number of carbonyl (C=O) groups excluding carboxylic acids is 1. The van der Waals surface area contributed by atoms with Gasteiger partial charge in [-0.3, -0.25) is 14.7 Å². The van der Waals surface area contributed by atoms with Gasteiger partial charge in [0.05, 0.1) is 5.56 Å². The fourth-order valence-corrected chi connectivity index (χ4v) is 2.72. The lowest BCUT2D eigenvalue weighted by Gasteiger charge is -2.34. The summed E-state index contributed by atoms with van der Waals surface area (Å²) in [5.41, 5.74) is 4.18. The minimum Gasteiger partial charge on any atom is -0.336 e. The molecule has 3 N–H and O–H groups in total. The third-order valence-electron chi connectivity index (χ3n) is 3.96. The molecule has 120 valence electrons. The Kier molecular flexibility index (Phi) is 4.80. The second kappa shape index (κ2) is 7.17. The second-order valence-corrected chi connectivity index (χ2v) is 5.47. The number of nitrogens with one attached hydrogen (secondary N) is 1. The van der Waals surface area contributed by atoms with Crippen LogP contribution in [0.15, 0.2) is 42.9 Å². The number of piperazine rings is 1. The van der Waals surface area contributed by atoms with Gasteiger partial charge in [0, 0.05) is 51.3 Å². The Bertz CT molecular complexity index is 655. The van der Waals surface area contributed by atoms with E-state index in [0.29, 0.717) is 24.5 Å². The maximum absolute atomic E-state index is 12.6. The van der Waals surface area contributed by atoms with Crippen LogP contribution in [-0.4, -0.2) is 51.9 Å². The van der Waals surface area contributed by atoms with Crippen LogP contribution in [0.1, 0.15) is 15.9 Å². The van der Waals surface area contributed by atoms with Crippen molar-refractivity contribution in [2.75, 3.05) is 31.6 Å². The fraction of sp³-hybridized carbons (Fsp3) is 0.312. The van der Waals surface area contributed by atoms with Gasteiger partial charge in [0.1, 0.15) is 0 Å². The van der Waals surface area contributed by atoms with Crippen molar-refractivity contribution in [3.05, 3.63) is 54.0 Å². The predicted octanol–water partition coefficient (Wildman–Crippen LogP) is 0.720. The summed E-state index contributed by atoms with van der Waals surface area (Å²) in [4.78, 5) is 25.0. The van der Waals surface area contributed by atoms with E-state index in [0.717, 1.165) is 19.6 Å². The molecule has 0 unspecified atom stereocenters. The Balaban J connectivity index is 1.59. The zero-order valence-electron chi connectivity index (χ0n) is 12.9. The molecule has 1 fully saturated rings. The summed E-state index contributed by atoms with van der Waals surface area (Å²) >= 11 is 0. The number of pyridine rings is 2. The second-order valence-electron chi connectivity index (χ2n) is 5.47. The molecule has 2 aromatic rings. The largest absolute Gasteiger partial charge is 0.336 e. The van der Waals surface area contributed by atoms with Crippen LogP contribution in [0.25, 0.3) is 0 Å². The van der Waals surface area contributed by atoms with Crippen LogP contribution >= 0.6 is 0 Å². The number of nitrogen functional groups attached to an aromatic ring is 1. The van der Waals surface area contributed by atoms with E-state index in [2.05, 4.69) is 26.4 Å². The van der Waals surface area contributed by atoms with Crippen molar-refractivity contribution in [2.24, 2.45) is 5.84 Å². The smallest absolute Gasteiger partial charge is 0.257 e. The molecule has 0 spiro atoms. The minimum atomic E-state index is -0.0351. The molecule has 7 nitrogen and oxygen atoms in total. The van der Waals surface area contributed by atoms with Crippen molar-refractivity contribution >= 4 is 11.7 Å². The number of anilines is 1. The van der Waals surface area contributed by atoms with Crippen molar-refractivity contribution in [3.8, 4) is 0 Å². The molecular formula is C16H20N6O. The number of amides is 1. The lowest BCUT2D eigenvalue weighted by molar-refractivity contribution is 0.0629. The normalized spacial score (nSPS) is 15.4. The van der Waals surface area contributed by atoms with Gasteiger partial charge in [-0.2, -0.15) is 0 Å². The van der Waals surface area contributed by atoms with E-state index in [-0.39, 0.29) is 5.91 Å². The summed E-state index contributed by atoms with van der Waals surface area (Å²) in [5.74, 6) is 5.81.